The van der Waals surface area contributed by atoms with Crippen LogP contribution in [0.3, 0.4) is 0 Å². The highest BCUT2D eigenvalue weighted by Gasteiger charge is 2.10. The van der Waals surface area contributed by atoms with E-state index in [9.17, 15) is 14.4 Å². The van der Waals surface area contributed by atoms with Crippen molar-refractivity contribution >= 4 is 45.0 Å². The summed E-state index contributed by atoms with van der Waals surface area (Å²) in [6.07, 6.45) is 0.115. The molecular weight excluding hydrogens is 414 g/mol. The molecule has 0 aliphatic heterocycles. The summed E-state index contributed by atoms with van der Waals surface area (Å²) in [4.78, 5) is 35.3. The summed E-state index contributed by atoms with van der Waals surface area (Å²) in [5.74, 6) is -0.255. The summed E-state index contributed by atoms with van der Waals surface area (Å²) in [7, 11) is 1.49. The van der Waals surface area contributed by atoms with Crippen LogP contribution in [0.4, 0.5) is 11.4 Å². The molecule has 2 rings (SSSR count). The lowest BCUT2D eigenvalue weighted by molar-refractivity contribution is -0.116. The minimum absolute atomic E-state index is 0.115. The van der Waals surface area contributed by atoms with Crippen LogP contribution in [-0.2, 0) is 9.59 Å². The van der Waals surface area contributed by atoms with Crippen molar-refractivity contribution in [3.05, 3.63) is 52.5 Å². The number of benzene rings is 2. The molecule has 2 aromatic rings. The summed E-state index contributed by atoms with van der Waals surface area (Å²) in [6, 6.07) is 11.9. The van der Waals surface area contributed by atoms with E-state index in [1.807, 2.05) is 0 Å². The standard InChI is InChI=1S/C19H20BrN3O4/c1-12(24)22-16-11-15(7-8-17(16)27-2)23-18(25)9-10-21-19(26)13-3-5-14(20)6-4-13/h3-8,11H,9-10H2,1-2H3,(H,21,26)(H,22,24)(H,23,25). The van der Waals surface area contributed by atoms with E-state index in [4.69, 9.17) is 4.74 Å². The number of nitrogens with one attached hydrogen (secondary N) is 3. The molecule has 0 radical (unpaired) electrons. The number of halogens is 1. The van der Waals surface area contributed by atoms with Gasteiger partial charge in [0.2, 0.25) is 11.8 Å². The number of amides is 3. The van der Waals surface area contributed by atoms with Crippen molar-refractivity contribution in [3.8, 4) is 5.75 Å². The second-order valence-electron chi connectivity index (χ2n) is 5.66. The van der Waals surface area contributed by atoms with Crippen molar-refractivity contribution in [1.82, 2.24) is 5.32 Å². The van der Waals surface area contributed by atoms with Crippen LogP contribution in [0.5, 0.6) is 5.75 Å². The average molecular weight is 434 g/mol. The second-order valence-corrected chi connectivity index (χ2v) is 6.57. The van der Waals surface area contributed by atoms with Gasteiger partial charge in [-0.15, -0.1) is 0 Å². The zero-order valence-electron chi connectivity index (χ0n) is 15.0. The highest BCUT2D eigenvalue weighted by molar-refractivity contribution is 9.10. The van der Waals surface area contributed by atoms with E-state index in [1.165, 1.54) is 14.0 Å². The van der Waals surface area contributed by atoms with E-state index >= 15 is 0 Å². The van der Waals surface area contributed by atoms with Gasteiger partial charge in [0.1, 0.15) is 5.75 Å². The van der Waals surface area contributed by atoms with Crippen LogP contribution in [0, 0.1) is 0 Å². The highest BCUT2D eigenvalue weighted by atomic mass is 79.9. The molecule has 3 N–H and O–H groups in total. The Morgan fingerprint density at radius 3 is 2.37 bits per heavy atom. The first kappa shape index (κ1) is 20.4. The van der Waals surface area contributed by atoms with Gasteiger partial charge in [0, 0.05) is 35.6 Å². The molecule has 0 aliphatic carbocycles. The molecule has 0 saturated carbocycles. The molecule has 0 aromatic heterocycles. The largest absolute Gasteiger partial charge is 0.495 e. The maximum atomic E-state index is 12.1. The van der Waals surface area contributed by atoms with Gasteiger partial charge in [-0.1, -0.05) is 15.9 Å². The van der Waals surface area contributed by atoms with Crippen LogP contribution in [0.1, 0.15) is 23.7 Å². The zero-order chi connectivity index (χ0) is 19.8. The van der Waals surface area contributed by atoms with E-state index < -0.39 is 0 Å². The maximum Gasteiger partial charge on any atom is 0.251 e. The molecule has 0 spiro atoms. The summed E-state index contributed by atoms with van der Waals surface area (Å²) in [5.41, 5.74) is 1.50. The monoisotopic (exact) mass is 433 g/mol. The van der Waals surface area contributed by atoms with Crippen molar-refractivity contribution < 1.29 is 19.1 Å². The smallest absolute Gasteiger partial charge is 0.251 e. The summed E-state index contributed by atoms with van der Waals surface area (Å²) < 4.78 is 6.05. The lowest BCUT2D eigenvalue weighted by Gasteiger charge is -2.12. The number of ether oxygens (including phenoxy) is 1. The van der Waals surface area contributed by atoms with Crippen molar-refractivity contribution in [2.75, 3.05) is 24.3 Å². The third-order valence-electron chi connectivity index (χ3n) is 3.54. The number of hydrogen-bond acceptors (Lipinski definition) is 4. The summed E-state index contributed by atoms with van der Waals surface area (Å²) in [6.45, 7) is 1.59. The first-order valence-electron chi connectivity index (χ1n) is 8.18. The van der Waals surface area contributed by atoms with Gasteiger partial charge in [-0.25, -0.2) is 0 Å². The van der Waals surface area contributed by atoms with Crippen LogP contribution < -0.4 is 20.7 Å². The first-order chi connectivity index (χ1) is 12.9. The Balaban J connectivity index is 1.87. The van der Waals surface area contributed by atoms with Gasteiger partial charge >= 0.3 is 0 Å². The van der Waals surface area contributed by atoms with Crippen molar-refractivity contribution in [3.63, 3.8) is 0 Å². The highest BCUT2D eigenvalue weighted by Crippen LogP contribution is 2.27. The van der Waals surface area contributed by atoms with Crippen molar-refractivity contribution in [2.45, 2.75) is 13.3 Å². The van der Waals surface area contributed by atoms with E-state index in [-0.39, 0.29) is 30.7 Å². The van der Waals surface area contributed by atoms with Gasteiger partial charge in [-0.2, -0.15) is 0 Å². The number of hydrogen-bond donors (Lipinski definition) is 3. The third kappa shape index (κ3) is 6.41. The topological polar surface area (TPSA) is 96.5 Å². The summed E-state index contributed by atoms with van der Waals surface area (Å²) >= 11 is 3.31. The molecule has 0 bridgehead atoms. The van der Waals surface area contributed by atoms with Crippen LogP contribution >= 0.6 is 15.9 Å². The Morgan fingerprint density at radius 2 is 1.74 bits per heavy atom. The number of carbonyl (C=O) groups is 3. The molecule has 142 valence electrons. The van der Waals surface area contributed by atoms with Crippen LogP contribution in [0.25, 0.3) is 0 Å². The maximum absolute atomic E-state index is 12.1. The molecule has 0 atom stereocenters. The molecule has 3 amide bonds. The van der Waals surface area contributed by atoms with E-state index in [0.717, 1.165) is 4.47 Å². The van der Waals surface area contributed by atoms with Gasteiger partial charge in [0.15, 0.2) is 0 Å². The molecule has 0 aliphatic rings. The molecule has 7 nitrogen and oxygen atoms in total. The average Bonchev–Trinajstić information content (AvgIpc) is 2.62. The van der Waals surface area contributed by atoms with Crippen LogP contribution in [0.2, 0.25) is 0 Å². The van der Waals surface area contributed by atoms with Crippen LogP contribution in [0.15, 0.2) is 46.9 Å². The Morgan fingerprint density at radius 1 is 1.04 bits per heavy atom. The van der Waals surface area contributed by atoms with Gasteiger partial charge in [0.05, 0.1) is 12.8 Å². The molecule has 0 fully saturated rings. The van der Waals surface area contributed by atoms with E-state index in [1.54, 1.807) is 42.5 Å². The molecule has 0 saturated heterocycles. The molecule has 27 heavy (non-hydrogen) atoms. The number of methoxy groups -OCH3 is 1. The van der Waals surface area contributed by atoms with Gasteiger partial charge in [-0.3, -0.25) is 14.4 Å². The summed E-state index contributed by atoms with van der Waals surface area (Å²) in [5, 5.41) is 8.07. The lowest BCUT2D eigenvalue weighted by Crippen LogP contribution is -2.27. The minimum Gasteiger partial charge on any atom is -0.495 e. The third-order valence-corrected chi connectivity index (χ3v) is 4.07. The van der Waals surface area contributed by atoms with Gasteiger partial charge < -0.3 is 20.7 Å². The lowest BCUT2D eigenvalue weighted by atomic mass is 10.2. The predicted molar refractivity (Wildman–Crippen MR) is 107 cm³/mol. The molecule has 0 heterocycles. The van der Waals surface area contributed by atoms with Gasteiger partial charge in [0.25, 0.3) is 5.91 Å². The van der Waals surface area contributed by atoms with Crippen molar-refractivity contribution in [1.29, 1.82) is 0 Å². The quantitative estimate of drug-likeness (QED) is 0.624. The number of carbonyl (C=O) groups excluding carboxylic acids is 3. The Labute approximate surface area is 165 Å². The van der Waals surface area contributed by atoms with Crippen molar-refractivity contribution in [2.24, 2.45) is 0 Å². The SMILES string of the molecule is COc1ccc(NC(=O)CCNC(=O)c2ccc(Br)cc2)cc1NC(C)=O. The fraction of sp³-hybridized carbons (Fsp3) is 0.211. The number of anilines is 2. The fourth-order valence-corrected chi connectivity index (χ4v) is 2.55. The Bertz CT molecular complexity index is 837. The van der Waals surface area contributed by atoms with Crippen LogP contribution in [-0.4, -0.2) is 31.4 Å². The molecule has 8 heteroatoms. The van der Waals surface area contributed by atoms with E-state index in [0.29, 0.717) is 22.7 Å². The van der Waals surface area contributed by atoms with Gasteiger partial charge in [-0.05, 0) is 42.5 Å². The Hall–Kier alpha value is -2.87. The molecule has 0 unspecified atom stereocenters. The number of rotatable bonds is 7. The Kier molecular flexibility index (Phi) is 7.36. The predicted octanol–water partition coefficient (Wildman–Crippen LogP) is 3.17. The molecular formula is C19H20BrN3O4. The molecule has 2 aromatic carbocycles. The zero-order valence-corrected chi connectivity index (χ0v) is 16.6. The minimum atomic E-state index is -0.259. The normalized spacial score (nSPS) is 10.0. The first-order valence-corrected chi connectivity index (χ1v) is 8.97. The second kappa shape index (κ2) is 9.72. The fourth-order valence-electron chi connectivity index (χ4n) is 2.29. The van der Waals surface area contributed by atoms with E-state index in [2.05, 4.69) is 31.9 Å².